The van der Waals surface area contributed by atoms with Crippen LogP contribution >= 0.6 is 0 Å². The lowest BCUT2D eigenvalue weighted by Crippen LogP contribution is -2.12. The number of para-hydroxylation sites is 1. The molecule has 0 aliphatic rings. The largest absolute Gasteiger partial charge is 0.322 e. The summed E-state index contributed by atoms with van der Waals surface area (Å²) in [5.74, 6) is -0.167. The first-order chi connectivity index (χ1) is 6.65. The van der Waals surface area contributed by atoms with Gasteiger partial charge < -0.3 is 5.32 Å². The van der Waals surface area contributed by atoms with Crippen LogP contribution in [0.25, 0.3) is 6.08 Å². The molecule has 0 bridgehead atoms. The van der Waals surface area contributed by atoms with Crippen molar-refractivity contribution < 1.29 is 4.79 Å². The fourth-order valence-electron chi connectivity index (χ4n) is 1.02. The van der Waals surface area contributed by atoms with E-state index >= 15 is 0 Å². The van der Waals surface area contributed by atoms with Crippen molar-refractivity contribution >= 4 is 17.7 Å². The molecule has 0 fully saturated rings. The molecule has 1 rings (SSSR count). The molecule has 14 heavy (non-hydrogen) atoms. The monoisotopic (exact) mass is 187 g/mol. The molecule has 0 aliphatic carbocycles. The van der Waals surface area contributed by atoms with Gasteiger partial charge in [-0.3, -0.25) is 4.79 Å². The van der Waals surface area contributed by atoms with E-state index in [2.05, 4.69) is 18.5 Å². The van der Waals surface area contributed by atoms with Crippen LogP contribution in [0.2, 0.25) is 0 Å². The van der Waals surface area contributed by atoms with Crippen molar-refractivity contribution in [3.63, 3.8) is 0 Å². The van der Waals surface area contributed by atoms with E-state index in [9.17, 15) is 4.79 Å². The molecule has 0 atom stereocenters. The Morgan fingerprint density at radius 3 is 2.64 bits per heavy atom. The summed E-state index contributed by atoms with van der Waals surface area (Å²) < 4.78 is 0. The van der Waals surface area contributed by atoms with Crippen LogP contribution in [-0.4, -0.2) is 5.91 Å². The first-order valence-electron chi connectivity index (χ1n) is 4.33. The molecule has 2 heteroatoms. The van der Waals surface area contributed by atoms with Crippen molar-refractivity contribution in [3.05, 3.63) is 48.6 Å². The van der Waals surface area contributed by atoms with E-state index in [1.807, 2.05) is 24.3 Å². The van der Waals surface area contributed by atoms with E-state index in [1.54, 1.807) is 13.0 Å². The molecule has 0 unspecified atom stereocenters. The standard InChI is InChI=1S/C12H13NO/c1-4-10-7-5-6-8-11(10)13-12(14)9(2)3/h4-8H,1-2H2,3H3,(H,13,14). The first kappa shape index (κ1) is 10.3. The van der Waals surface area contributed by atoms with Crippen LogP contribution in [0.3, 0.4) is 0 Å². The van der Waals surface area contributed by atoms with E-state index in [0.717, 1.165) is 11.3 Å². The normalized spacial score (nSPS) is 9.21. The molecular weight excluding hydrogens is 174 g/mol. The van der Waals surface area contributed by atoms with E-state index in [4.69, 9.17) is 0 Å². The van der Waals surface area contributed by atoms with E-state index in [1.165, 1.54) is 0 Å². The number of anilines is 1. The Kier molecular flexibility index (Phi) is 3.24. The molecule has 0 radical (unpaired) electrons. The summed E-state index contributed by atoms with van der Waals surface area (Å²) in [5, 5.41) is 2.75. The van der Waals surface area contributed by atoms with Crippen molar-refractivity contribution in [2.45, 2.75) is 6.92 Å². The number of carbonyl (C=O) groups is 1. The highest BCUT2D eigenvalue weighted by atomic mass is 16.1. The Morgan fingerprint density at radius 2 is 2.07 bits per heavy atom. The molecule has 0 saturated carbocycles. The molecule has 72 valence electrons. The topological polar surface area (TPSA) is 29.1 Å². The van der Waals surface area contributed by atoms with Gasteiger partial charge in [-0.1, -0.05) is 37.4 Å². The van der Waals surface area contributed by atoms with Crippen LogP contribution in [-0.2, 0) is 4.79 Å². The minimum atomic E-state index is -0.167. The molecule has 2 nitrogen and oxygen atoms in total. The maximum atomic E-state index is 11.3. The van der Waals surface area contributed by atoms with E-state index < -0.39 is 0 Å². The summed E-state index contributed by atoms with van der Waals surface area (Å²) in [5.41, 5.74) is 2.15. The van der Waals surface area contributed by atoms with Crippen LogP contribution in [0.15, 0.2) is 43.0 Å². The van der Waals surface area contributed by atoms with Crippen LogP contribution in [0.5, 0.6) is 0 Å². The van der Waals surface area contributed by atoms with Gasteiger partial charge in [0.2, 0.25) is 0 Å². The van der Waals surface area contributed by atoms with Gasteiger partial charge in [-0.2, -0.15) is 0 Å². The van der Waals surface area contributed by atoms with Gasteiger partial charge in [0.05, 0.1) is 0 Å². The smallest absolute Gasteiger partial charge is 0.250 e. The third-order valence-electron chi connectivity index (χ3n) is 1.82. The van der Waals surface area contributed by atoms with Crippen LogP contribution in [0, 0.1) is 0 Å². The minimum absolute atomic E-state index is 0.167. The lowest BCUT2D eigenvalue weighted by atomic mass is 10.1. The van der Waals surface area contributed by atoms with Gasteiger partial charge in [0.25, 0.3) is 5.91 Å². The van der Waals surface area contributed by atoms with Gasteiger partial charge in [-0.05, 0) is 18.6 Å². The summed E-state index contributed by atoms with van der Waals surface area (Å²) >= 11 is 0. The Hall–Kier alpha value is -1.83. The van der Waals surface area contributed by atoms with Gasteiger partial charge in [0, 0.05) is 11.3 Å². The highest BCUT2D eigenvalue weighted by Crippen LogP contribution is 2.16. The summed E-state index contributed by atoms with van der Waals surface area (Å²) in [6, 6.07) is 7.48. The van der Waals surface area contributed by atoms with Gasteiger partial charge in [-0.25, -0.2) is 0 Å². The second kappa shape index (κ2) is 4.42. The number of nitrogens with one attached hydrogen (secondary N) is 1. The zero-order valence-electron chi connectivity index (χ0n) is 8.21. The number of rotatable bonds is 3. The van der Waals surface area contributed by atoms with Gasteiger partial charge in [0.15, 0.2) is 0 Å². The molecule has 0 saturated heterocycles. The van der Waals surface area contributed by atoms with Crippen LogP contribution < -0.4 is 5.32 Å². The summed E-state index contributed by atoms with van der Waals surface area (Å²) in [4.78, 5) is 11.3. The van der Waals surface area contributed by atoms with Gasteiger partial charge in [-0.15, -0.1) is 0 Å². The predicted molar refractivity (Wildman–Crippen MR) is 60.0 cm³/mol. The SMILES string of the molecule is C=Cc1ccccc1NC(=O)C(=C)C. The molecular formula is C12H13NO. The Labute approximate surface area is 84.0 Å². The molecule has 1 N–H and O–H groups in total. The second-order valence-electron chi connectivity index (χ2n) is 3.03. The summed E-state index contributed by atoms with van der Waals surface area (Å²) in [6.07, 6.45) is 1.70. The Bertz CT molecular complexity index is 380. The molecule has 0 aliphatic heterocycles. The average Bonchev–Trinajstić information content (AvgIpc) is 2.18. The Morgan fingerprint density at radius 1 is 1.43 bits per heavy atom. The van der Waals surface area contributed by atoms with E-state index in [0.29, 0.717) is 5.57 Å². The summed E-state index contributed by atoms with van der Waals surface area (Å²) in [6.45, 7) is 8.91. The number of hydrogen-bond donors (Lipinski definition) is 1. The lowest BCUT2D eigenvalue weighted by Gasteiger charge is -2.07. The molecule has 1 aromatic rings. The van der Waals surface area contributed by atoms with Crippen LogP contribution in [0.1, 0.15) is 12.5 Å². The second-order valence-corrected chi connectivity index (χ2v) is 3.03. The molecule has 0 aromatic heterocycles. The third kappa shape index (κ3) is 2.33. The fourth-order valence-corrected chi connectivity index (χ4v) is 1.02. The summed E-state index contributed by atoms with van der Waals surface area (Å²) in [7, 11) is 0. The molecule has 1 amide bonds. The first-order valence-corrected chi connectivity index (χ1v) is 4.33. The average molecular weight is 187 g/mol. The maximum absolute atomic E-state index is 11.3. The van der Waals surface area contributed by atoms with Crippen molar-refractivity contribution in [2.75, 3.05) is 5.32 Å². The number of amides is 1. The zero-order chi connectivity index (χ0) is 10.6. The Balaban J connectivity index is 2.91. The van der Waals surface area contributed by atoms with Crippen molar-refractivity contribution in [1.82, 2.24) is 0 Å². The predicted octanol–water partition coefficient (Wildman–Crippen LogP) is 2.84. The van der Waals surface area contributed by atoms with E-state index in [-0.39, 0.29) is 5.91 Å². The zero-order valence-corrected chi connectivity index (χ0v) is 8.21. The minimum Gasteiger partial charge on any atom is -0.322 e. The highest BCUT2D eigenvalue weighted by molar-refractivity contribution is 6.03. The molecule has 0 spiro atoms. The van der Waals surface area contributed by atoms with Crippen molar-refractivity contribution in [2.24, 2.45) is 0 Å². The van der Waals surface area contributed by atoms with Gasteiger partial charge >= 0.3 is 0 Å². The number of hydrogen-bond acceptors (Lipinski definition) is 1. The van der Waals surface area contributed by atoms with Crippen LogP contribution in [0.4, 0.5) is 5.69 Å². The third-order valence-corrected chi connectivity index (χ3v) is 1.82. The molecule has 1 aromatic carbocycles. The van der Waals surface area contributed by atoms with Gasteiger partial charge in [0.1, 0.15) is 0 Å². The van der Waals surface area contributed by atoms with Crippen molar-refractivity contribution in [3.8, 4) is 0 Å². The quantitative estimate of drug-likeness (QED) is 0.724. The maximum Gasteiger partial charge on any atom is 0.250 e. The number of carbonyl (C=O) groups excluding carboxylic acids is 1. The molecule has 0 heterocycles. The van der Waals surface area contributed by atoms with Crippen molar-refractivity contribution in [1.29, 1.82) is 0 Å². The highest BCUT2D eigenvalue weighted by Gasteiger charge is 2.04. The number of benzene rings is 1. The lowest BCUT2D eigenvalue weighted by molar-refractivity contribution is -0.112. The fraction of sp³-hybridized carbons (Fsp3) is 0.0833.